The number of rotatable bonds is 7. The zero-order valence-corrected chi connectivity index (χ0v) is 13.4. The topological polar surface area (TPSA) is 74.8 Å². The number of nitrogens with one attached hydrogen (secondary N) is 3. The normalized spacial score (nSPS) is 22.6. The van der Waals surface area contributed by atoms with Gasteiger partial charge in [-0.1, -0.05) is 0 Å². The fourth-order valence-electron chi connectivity index (χ4n) is 2.19. The van der Waals surface area contributed by atoms with Crippen LogP contribution >= 0.6 is 11.8 Å². The van der Waals surface area contributed by atoms with E-state index in [2.05, 4.69) is 27.2 Å². The lowest BCUT2D eigenvalue weighted by atomic mass is 10.2. The number of methoxy groups -OCH3 is 1. The molecule has 0 saturated heterocycles. The molecule has 1 rings (SSSR count). The molecule has 0 aromatic carbocycles. The lowest BCUT2D eigenvalue weighted by molar-refractivity contribution is -0.120. The van der Waals surface area contributed by atoms with Crippen molar-refractivity contribution in [1.29, 1.82) is 0 Å². The van der Waals surface area contributed by atoms with Crippen LogP contribution in [-0.4, -0.2) is 63.3 Å². The van der Waals surface area contributed by atoms with E-state index in [1.54, 1.807) is 14.2 Å². The predicted octanol–water partition coefficient (Wildman–Crippen LogP) is 0.198. The number of ether oxygens (including phenoxy) is 1. The van der Waals surface area contributed by atoms with Crippen LogP contribution in [0.2, 0.25) is 0 Å². The molecule has 20 heavy (non-hydrogen) atoms. The average molecular weight is 302 g/mol. The number of carbonyl (C=O) groups excluding carboxylic acids is 1. The molecule has 1 aliphatic carbocycles. The molecule has 1 fully saturated rings. The zero-order valence-electron chi connectivity index (χ0n) is 12.6. The van der Waals surface area contributed by atoms with Crippen molar-refractivity contribution in [3.8, 4) is 0 Å². The van der Waals surface area contributed by atoms with Gasteiger partial charge in [0.2, 0.25) is 5.91 Å². The van der Waals surface area contributed by atoms with E-state index < -0.39 is 0 Å². The van der Waals surface area contributed by atoms with Crippen molar-refractivity contribution in [3.05, 3.63) is 0 Å². The van der Waals surface area contributed by atoms with E-state index >= 15 is 0 Å². The van der Waals surface area contributed by atoms with Crippen molar-refractivity contribution in [2.75, 3.05) is 40.1 Å². The monoisotopic (exact) mass is 302 g/mol. The van der Waals surface area contributed by atoms with Crippen LogP contribution in [0.3, 0.4) is 0 Å². The molecular weight excluding hydrogens is 276 g/mol. The Hall–Kier alpha value is -0.950. The molecular formula is C13H26N4O2S. The van der Waals surface area contributed by atoms with Crippen LogP contribution in [0.4, 0.5) is 0 Å². The van der Waals surface area contributed by atoms with Crippen molar-refractivity contribution in [1.82, 2.24) is 16.0 Å². The van der Waals surface area contributed by atoms with Gasteiger partial charge in [0.25, 0.3) is 0 Å². The first kappa shape index (κ1) is 17.1. The van der Waals surface area contributed by atoms with E-state index in [9.17, 15) is 4.79 Å². The highest BCUT2D eigenvalue weighted by Crippen LogP contribution is 2.27. The lowest BCUT2D eigenvalue weighted by Gasteiger charge is -2.17. The largest absolute Gasteiger partial charge is 0.383 e. The first-order chi connectivity index (χ1) is 9.69. The van der Waals surface area contributed by atoms with E-state index in [0.29, 0.717) is 25.2 Å². The summed E-state index contributed by atoms with van der Waals surface area (Å²) in [6.07, 6.45) is 5.71. The molecule has 1 aliphatic rings. The molecule has 2 unspecified atom stereocenters. The van der Waals surface area contributed by atoms with Gasteiger partial charge in [0.1, 0.15) is 0 Å². The SMILES string of the molecule is CN=C(NCC(=O)NCCOC)NC1CCC(SC)C1. The quantitative estimate of drug-likeness (QED) is 0.356. The molecule has 6 nitrogen and oxygen atoms in total. The number of nitrogens with zero attached hydrogens (tertiary/aromatic N) is 1. The van der Waals surface area contributed by atoms with Gasteiger partial charge >= 0.3 is 0 Å². The molecule has 7 heteroatoms. The van der Waals surface area contributed by atoms with Crippen molar-refractivity contribution < 1.29 is 9.53 Å². The van der Waals surface area contributed by atoms with Gasteiger partial charge in [-0.15, -0.1) is 0 Å². The van der Waals surface area contributed by atoms with Crippen molar-refractivity contribution in [2.24, 2.45) is 4.99 Å². The van der Waals surface area contributed by atoms with Gasteiger partial charge in [0.15, 0.2) is 5.96 Å². The second kappa shape index (κ2) is 9.88. The molecule has 0 bridgehead atoms. The van der Waals surface area contributed by atoms with E-state index in [0.717, 1.165) is 18.1 Å². The summed E-state index contributed by atoms with van der Waals surface area (Å²) in [6, 6.07) is 0.454. The highest BCUT2D eigenvalue weighted by molar-refractivity contribution is 7.99. The second-order valence-electron chi connectivity index (χ2n) is 4.78. The smallest absolute Gasteiger partial charge is 0.239 e. The van der Waals surface area contributed by atoms with Gasteiger partial charge < -0.3 is 20.7 Å². The summed E-state index contributed by atoms with van der Waals surface area (Å²) in [5, 5.41) is 9.91. The molecule has 0 aromatic rings. The fraction of sp³-hybridized carbons (Fsp3) is 0.846. The van der Waals surface area contributed by atoms with Crippen LogP contribution in [0.25, 0.3) is 0 Å². The molecule has 1 amide bonds. The van der Waals surface area contributed by atoms with Gasteiger partial charge in [-0.2, -0.15) is 11.8 Å². The molecule has 3 N–H and O–H groups in total. The Morgan fingerprint density at radius 1 is 1.40 bits per heavy atom. The van der Waals surface area contributed by atoms with E-state index in [1.165, 1.54) is 6.42 Å². The Morgan fingerprint density at radius 2 is 2.20 bits per heavy atom. The zero-order chi connectivity index (χ0) is 14.8. The first-order valence-corrected chi connectivity index (χ1v) is 8.24. The van der Waals surface area contributed by atoms with Gasteiger partial charge in [-0.25, -0.2) is 0 Å². The van der Waals surface area contributed by atoms with Gasteiger partial charge in [-0.05, 0) is 25.5 Å². The standard InChI is InChI=1S/C13H26N4O2S/c1-14-13(16-9-12(18)15-6-7-19-2)17-10-4-5-11(8-10)20-3/h10-11H,4-9H2,1-3H3,(H,15,18)(H2,14,16,17). The summed E-state index contributed by atoms with van der Waals surface area (Å²) >= 11 is 1.92. The molecule has 0 aliphatic heterocycles. The Labute approximate surface area is 125 Å². The Balaban J connectivity index is 2.21. The highest BCUT2D eigenvalue weighted by Gasteiger charge is 2.24. The minimum atomic E-state index is -0.0570. The van der Waals surface area contributed by atoms with Crippen molar-refractivity contribution in [3.63, 3.8) is 0 Å². The maximum atomic E-state index is 11.6. The van der Waals surface area contributed by atoms with Crippen LogP contribution in [0.5, 0.6) is 0 Å². The predicted molar refractivity (Wildman–Crippen MR) is 84.3 cm³/mol. The summed E-state index contributed by atoms with van der Waals surface area (Å²) in [5.74, 6) is 0.636. The minimum Gasteiger partial charge on any atom is -0.383 e. The maximum absolute atomic E-state index is 11.6. The summed E-state index contributed by atoms with van der Waals surface area (Å²) in [4.78, 5) is 15.7. The fourth-order valence-corrected chi connectivity index (χ4v) is 2.99. The summed E-state index contributed by atoms with van der Waals surface area (Å²) < 4.78 is 4.88. The molecule has 0 aromatic heterocycles. The third-order valence-corrected chi connectivity index (χ3v) is 4.42. The van der Waals surface area contributed by atoms with Crippen LogP contribution in [0, 0.1) is 0 Å². The molecule has 0 spiro atoms. The third-order valence-electron chi connectivity index (χ3n) is 3.33. The summed E-state index contributed by atoms with van der Waals surface area (Å²) in [5.41, 5.74) is 0. The minimum absolute atomic E-state index is 0.0570. The Morgan fingerprint density at radius 3 is 2.80 bits per heavy atom. The Kier molecular flexibility index (Phi) is 8.45. The van der Waals surface area contributed by atoms with Gasteiger partial charge in [0.05, 0.1) is 13.2 Å². The molecule has 2 atom stereocenters. The molecule has 116 valence electrons. The number of guanidine groups is 1. The average Bonchev–Trinajstić information content (AvgIpc) is 2.91. The number of carbonyl (C=O) groups is 1. The van der Waals surface area contributed by atoms with E-state index in [-0.39, 0.29) is 12.5 Å². The summed E-state index contributed by atoms with van der Waals surface area (Å²) in [6.45, 7) is 1.28. The first-order valence-electron chi connectivity index (χ1n) is 6.95. The third kappa shape index (κ3) is 6.47. The van der Waals surface area contributed by atoms with E-state index in [1.807, 2.05) is 11.8 Å². The van der Waals surface area contributed by atoms with Crippen molar-refractivity contribution in [2.45, 2.75) is 30.6 Å². The maximum Gasteiger partial charge on any atom is 0.239 e. The number of amides is 1. The number of thioether (sulfide) groups is 1. The van der Waals surface area contributed by atoms with Crippen LogP contribution in [-0.2, 0) is 9.53 Å². The lowest BCUT2D eigenvalue weighted by Crippen LogP contribution is -2.46. The highest BCUT2D eigenvalue weighted by atomic mass is 32.2. The van der Waals surface area contributed by atoms with Gasteiger partial charge in [-0.3, -0.25) is 9.79 Å². The molecule has 1 saturated carbocycles. The number of hydrogen-bond acceptors (Lipinski definition) is 4. The number of hydrogen-bond donors (Lipinski definition) is 3. The van der Waals surface area contributed by atoms with Crippen LogP contribution < -0.4 is 16.0 Å². The number of aliphatic imine (C=N–C) groups is 1. The van der Waals surface area contributed by atoms with Crippen molar-refractivity contribution >= 4 is 23.6 Å². The van der Waals surface area contributed by atoms with Crippen LogP contribution in [0.15, 0.2) is 4.99 Å². The van der Waals surface area contributed by atoms with Crippen LogP contribution in [0.1, 0.15) is 19.3 Å². The molecule has 0 heterocycles. The summed E-state index contributed by atoms with van der Waals surface area (Å²) in [7, 11) is 3.33. The van der Waals surface area contributed by atoms with E-state index in [4.69, 9.17) is 4.74 Å². The van der Waals surface area contributed by atoms with Gasteiger partial charge in [0, 0.05) is 32.0 Å². The molecule has 0 radical (unpaired) electrons. The second-order valence-corrected chi connectivity index (χ2v) is 5.92. The Bertz CT molecular complexity index is 325.